The quantitative estimate of drug-likeness (QED) is 0.539. The van der Waals surface area contributed by atoms with Crippen molar-refractivity contribution in [3.63, 3.8) is 0 Å². The Morgan fingerprint density at radius 3 is 2.44 bits per heavy atom. The van der Waals surface area contributed by atoms with Gasteiger partial charge in [0.1, 0.15) is 11.6 Å². The van der Waals surface area contributed by atoms with Crippen LogP contribution in [0.15, 0.2) is 29.1 Å². The molecule has 0 spiro atoms. The van der Waals surface area contributed by atoms with Gasteiger partial charge in [-0.15, -0.1) is 0 Å². The number of H-pyrrole nitrogens is 1. The highest BCUT2D eigenvalue weighted by atomic mass is 16.5. The summed E-state index contributed by atoms with van der Waals surface area (Å²) in [5, 5.41) is 10.2. The largest absolute Gasteiger partial charge is 0.494 e. The Morgan fingerprint density at radius 1 is 1.11 bits per heavy atom. The van der Waals surface area contributed by atoms with E-state index >= 15 is 0 Å². The van der Waals surface area contributed by atoms with Gasteiger partial charge >= 0.3 is 0 Å². The molecule has 1 unspecified atom stereocenters. The van der Waals surface area contributed by atoms with E-state index in [2.05, 4.69) is 30.7 Å². The normalized spacial score (nSPS) is 12.1. The molecule has 0 aliphatic heterocycles. The van der Waals surface area contributed by atoms with Crippen molar-refractivity contribution in [2.24, 2.45) is 5.92 Å². The predicted octanol–water partition coefficient (Wildman–Crippen LogP) is 5.08. The van der Waals surface area contributed by atoms with Gasteiger partial charge in [0.25, 0.3) is 5.56 Å². The van der Waals surface area contributed by atoms with Gasteiger partial charge < -0.3 is 14.8 Å². The van der Waals surface area contributed by atoms with Gasteiger partial charge in [-0.2, -0.15) is 4.98 Å². The van der Waals surface area contributed by atoms with Crippen LogP contribution in [-0.2, 0) is 6.42 Å². The Kier molecular flexibility index (Phi) is 8.37. The van der Waals surface area contributed by atoms with Crippen molar-refractivity contribution in [2.75, 3.05) is 6.61 Å². The van der Waals surface area contributed by atoms with Crippen LogP contribution in [0.5, 0.6) is 11.6 Å². The number of aromatic amines is 1. The summed E-state index contributed by atoms with van der Waals surface area (Å²) in [6.07, 6.45) is 7.50. The van der Waals surface area contributed by atoms with E-state index in [4.69, 9.17) is 4.74 Å². The topological polar surface area (TPSA) is 75.2 Å². The van der Waals surface area contributed by atoms with E-state index in [-0.39, 0.29) is 11.4 Å². The van der Waals surface area contributed by atoms with E-state index < -0.39 is 0 Å². The van der Waals surface area contributed by atoms with E-state index in [0.29, 0.717) is 30.3 Å². The zero-order chi connectivity index (χ0) is 19.6. The first kappa shape index (κ1) is 21.0. The lowest BCUT2D eigenvalue weighted by Crippen LogP contribution is -2.17. The van der Waals surface area contributed by atoms with Crippen LogP contribution in [0.3, 0.4) is 0 Å². The minimum atomic E-state index is -0.273. The fraction of sp³-hybridized carbons (Fsp3) is 0.545. The van der Waals surface area contributed by atoms with Gasteiger partial charge in [-0.1, -0.05) is 52.9 Å². The van der Waals surface area contributed by atoms with Gasteiger partial charge in [0, 0.05) is 5.56 Å². The van der Waals surface area contributed by atoms with E-state index in [1.165, 1.54) is 25.7 Å². The molecule has 0 saturated carbocycles. The zero-order valence-electron chi connectivity index (χ0n) is 16.8. The van der Waals surface area contributed by atoms with Crippen molar-refractivity contribution in [1.82, 2.24) is 9.97 Å². The van der Waals surface area contributed by atoms with Gasteiger partial charge in [-0.3, -0.25) is 4.79 Å². The van der Waals surface area contributed by atoms with Crippen LogP contribution in [0, 0.1) is 5.92 Å². The highest BCUT2D eigenvalue weighted by Crippen LogP contribution is 2.22. The highest BCUT2D eigenvalue weighted by molar-refractivity contribution is 5.57. The second-order valence-electron chi connectivity index (χ2n) is 7.22. The fourth-order valence-electron chi connectivity index (χ4n) is 2.90. The summed E-state index contributed by atoms with van der Waals surface area (Å²) in [4.78, 5) is 19.3. The molecular weight excluding hydrogens is 340 g/mol. The number of hydrogen-bond acceptors (Lipinski definition) is 4. The molecule has 2 aromatic rings. The van der Waals surface area contributed by atoms with Crippen LogP contribution in [-0.4, -0.2) is 21.7 Å². The number of unbranched alkanes of at least 4 members (excludes halogenated alkanes) is 4. The molecule has 0 aliphatic rings. The van der Waals surface area contributed by atoms with E-state index in [0.717, 1.165) is 24.2 Å². The molecule has 5 heteroatoms. The molecule has 1 atom stereocenters. The minimum Gasteiger partial charge on any atom is -0.494 e. The van der Waals surface area contributed by atoms with Crippen LogP contribution < -0.4 is 10.3 Å². The molecule has 0 fully saturated rings. The smallest absolute Gasteiger partial charge is 0.258 e. The first-order valence-corrected chi connectivity index (χ1v) is 10.1. The number of nitrogens with one attached hydrogen (secondary N) is 1. The third-order valence-electron chi connectivity index (χ3n) is 4.89. The van der Waals surface area contributed by atoms with Gasteiger partial charge in [0.15, 0.2) is 0 Å². The Bertz CT molecular complexity index is 753. The molecule has 27 heavy (non-hydrogen) atoms. The third kappa shape index (κ3) is 6.42. The summed E-state index contributed by atoms with van der Waals surface area (Å²) in [5.74, 6) is 1.32. The first-order valence-electron chi connectivity index (χ1n) is 10.1. The maximum absolute atomic E-state index is 12.3. The zero-order valence-corrected chi connectivity index (χ0v) is 16.8. The molecule has 2 N–H and O–H groups in total. The Morgan fingerprint density at radius 2 is 1.81 bits per heavy atom. The lowest BCUT2D eigenvalue weighted by molar-refractivity contribution is 0.304. The Balaban J connectivity index is 1.99. The number of rotatable bonds is 11. The van der Waals surface area contributed by atoms with Gasteiger partial charge in [0.05, 0.1) is 12.2 Å². The molecule has 2 rings (SSSR count). The second-order valence-corrected chi connectivity index (χ2v) is 7.22. The first-order chi connectivity index (χ1) is 13.0. The van der Waals surface area contributed by atoms with E-state index in [9.17, 15) is 9.90 Å². The Hall–Kier alpha value is -2.30. The third-order valence-corrected chi connectivity index (χ3v) is 4.89. The average molecular weight is 373 g/mol. The number of ether oxygens (including phenoxy) is 1. The van der Waals surface area contributed by atoms with Crippen LogP contribution in [0.4, 0.5) is 0 Å². The SMILES string of the molecule is CCCCCCCOc1ccc(-c2nc(O)c(CC(C)CC)c(=O)[nH]2)cc1. The summed E-state index contributed by atoms with van der Waals surface area (Å²) < 4.78 is 5.76. The molecular formula is C22H32N2O3. The lowest BCUT2D eigenvalue weighted by atomic mass is 10.0. The van der Waals surface area contributed by atoms with E-state index in [1.54, 1.807) is 0 Å². The number of nitrogens with zero attached hydrogens (tertiary/aromatic N) is 1. The van der Waals surface area contributed by atoms with Gasteiger partial charge in [0.2, 0.25) is 5.88 Å². The van der Waals surface area contributed by atoms with E-state index in [1.807, 2.05) is 24.3 Å². The van der Waals surface area contributed by atoms with Crippen LogP contribution >= 0.6 is 0 Å². The van der Waals surface area contributed by atoms with Crippen LogP contribution in [0.25, 0.3) is 11.4 Å². The van der Waals surface area contributed by atoms with Crippen LogP contribution in [0.1, 0.15) is 64.9 Å². The molecule has 5 nitrogen and oxygen atoms in total. The number of benzene rings is 1. The standard InChI is InChI=1S/C22H32N2O3/c1-4-6-7-8-9-14-27-18-12-10-17(11-13-18)20-23-21(25)19(22(26)24-20)15-16(3)5-2/h10-13,16H,4-9,14-15H2,1-3H3,(H2,23,24,25,26). The summed E-state index contributed by atoms with van der Waals surface area (Å²) in [6.45, 7) is 7.03. The second kappa shape index (κ2) is 10.8. The minimum absolute atomic E-state index is 0.179. The number of aromatic nitrogens is 2. The lowest BCUT2D eigenvalue weighted by Gasteiger charge is -2.10. The van der Waals surface area contributed by atoms with Crippen molar-refractivity contribution >= 4 is 0 Å². The molecule has 1 heterocycles. The maximum Gasteiger partial charge on any atom is 0.258 e. The highest BCUT2D eigenvalue weighted by Gasteiger charge is 2.14. The van der Waals surface area contributed by atoms with Crippen molar-refractivity contribution < 1.29 is 9.84 Å². The molecule has 1 aromatic heterocycles. The summed E-state index contributed by atoms with van der Waals surface area (Å²) in [7, 11) is 0. The summed E-state index contributed by atoms with van der Waals surface area (Å²) in [6, 6.07) is 7.42. The van der Waals surface area contributed by atoms with Crippen molar-refractivity contribution in [1.29, 1.82) is 0 Å². The number of hydrogen-bond donors (Lipinski definition) is 2. The molecule has 0 saturated heterocycles. The summed E-state index contributed by atoms with van der Waals surface area (Å²) >= 11 is 0. The van der Waals surface area contributed by atoms with Crippen molar-refractivity contribution in [3.8, 4) is 23.0 Å². The summed E-state index contributed by atoms with van der Waals surface area (Å²) in [5.41, 5.74) is 0.828. The molecule has 0 radical (unpaired) electrons. The molecule has 0 amide bonds. The molecule has 1 aromatic carbocycles. The molecule has 0 bridgehead atoms. The number of aromatic hydroxyl groups is 1. The predicted molar refractivity (Wildman–Crippen MR) is 109 cm³/mol. The van der Waals surface area contributed by atoms with Gasteiger partial charge in [-0.05, 0) is 43.0 Å². The average Bonchev–Trinajstić information content (AvgIpc) is 2.67. The maximum atomic E-state index is 12.3. The monoisotopic (exact) mass is 372 g/mol. The van der Waals surface area contributed by atoms with Crippen LogP contribution in [0.2, 0.25) is 0 Å². The van der Waals surface area contributed by atoms with Gasteiger partial charge in [-0.25, -0.2) is 0 Å². The molecule has 148 valence electrons. The van der Waals surface area contributed by atoms with Crippen molar-refractivity contribution in [2.45, 2.75) is 65.7 Å². The Labute approximate surface area is 161 Å². The van der Waals surface area contributed by atoms with Crippen molar-refractivity contribution in [3.05, 3.63) is 40.2 Å². The fourth-order valence-corrected chi connectivity index (χ4v) is 2.90. The molecule has 0 aliphatic carbocycles.